The maximum absolute atomic E-state index is 12.7. The molecule has 2 amide bonds. The fourth-order valence-corrected chi connectivity index (χ4v) is 5.63. The standard InChI is InChI=1S/C26H25N3O5S/c30-24(29-13-5-10-22(29)25(31)32)21-15-35-23(28-21)11-12-27-26(33)34-14-20-18-8-3-1-6-16(18)17-7-2-4-9-19(17)20/h1-4,6-9,15,20,22H,5,10-14H2,(H,27,33)(H,31,32). The molecule has 3 aromatic rings. The summed E-state index contributed by atoms with van der Waals surface area (Å²) >= 11 is 1.32. The van der Waals surface area contributed by atoms with Crippen molar-refractivity contribution >= 4 is 29.3 Å². The van der Waals surface area contributed by atoms with Crippen LogP contribution >= 0.6 is 11.3 Å². The van der Waals surface area contributed by atoms with Crippen LogP contribution in [0.2, 0.25) is 0 Å². The Bertz CT molecular complexity index is 1230. The number of aromatic nitrogens is 1. The van der Waals surface area contributed by atoms with Crippen LogP contribution in [0.3, 0.4) is 0 Å². The van der Waals surface area contributed by atoms with Crippen LogP contribution in [0.5, 0.6) is 0 Å². The fraction of sp³-hybridized carbons (Fsp3) is 0.308. The molecular weight excluding hydrogens is 466 g/mol. The Balaban J connectivity index is 1.12. The Morgan fingerprint density at radius 2 is 1.77 bits per heavy atom. The Morgan fingerprint density at radius 3 is 2.46 bits per heavy atom. The van der Waals surface area contributed by atoms with Gasteiger partial charge in [-0.15, -0.1) is 11.3 Å². The molecule has 1 aliphatic carbocycles. The van der Waals surface area contributed by atoms with Gasteiger partial charge in [-0.3, -0.25) is 4.79 Å². The summed E-state index contributed by atoms with van der Waals surface area (Å²) in [6.07, 6.45) is 1.08. The van der Waals surface area contributed by atoms with Gasteiger partial charge in [0.25, 0.3) is 5.91 Å². The fourth-order valence-electron chi connectivity index (χ4n) is 4.86. The van der Waals surface area contributed by atoms with E-state index < -0.39 is 18.1 Å². The van der Waals surface area contributed by atoms with Gasteiger partial charge in [-0.25, -0.2) is 14.6 Å². The van der Waals surface area contributed by atoms with Crippen molar-refractivity contribution in [2.24, 2.45) is 0 Å². The van der Waals surface area contributed by atoms with Crippen molar-refractivity contribution in [3.63, 3.8) is 0 Å². The largest absolute Gasteiger partial charge is 0.480 e. The summed E-state index contributed by atoms with van der Waals surface area (Å²) in [4.78, 5) is 42.1. The lowest BCUT2D eigenvalue weighted by atomic mass is 9.98. The summed E-state index contributed by atoms with van der Waals surface area (Å²) in [6.45, 7) is 0.988. The first-order valence-electron chi connectivity index (χ1n) is 11.6. The number of hydrogen-bond acceptors (Lipinski definition) is 6. The highest BCUT2D eigenvalue weighted by molar-refractivity contribution is 7.09. The highest BCUT2D eigenvalue weighted by Gasteiger charge is 2.35. The van der Waals surface area contributed by atoms with E-state index in [1.165, 1.54) is 27.4 Å². The third-order valence-corrected chi connectivity index (χ3v) is 7.43. The second-order valence-electron chi connectivity index (χ2n) is 8.62. The number of hydrogen-bond donors (Lipinski definition) is 2. The van der Waals surface area contributed by atoms with E-state index in [0.717, 1.165) is 11.1 Å². The molecule has 2 aliphatic rings. The maximum Gasteiger partial charge on any atom is 0.407 e. The zero-order valence-corrected chi connectivity index (χ0v) is 19.8. The van der Waals surface area contributed by atoms with E-state index in [1.54, 1.807) is 5.38 Å². The number of likely N-dealkylation sites (tertiary alicyclic amines) is 1. The molecule has 5 rings (SSSR count). The van der Waals surface area contributed by atoms with Gasteiger partial charge >= 0.3 is 12.1 Å². The number of ether oxygens (including phenoxy) is 1. The normalized spacial score (nSPS) is 16.6. The number of carbonyl (C=O) groups excluding carboxylic acids is 2. The first-order chi connectivity index (χ1) is 17.0. The third kappa shape index (κ3) is 4.64. The highest BCUT2D eigenvalue weighted by atomic mass is 32.1. The van der Waals surface area contributed by atoms with Crippen LogP contribution in [0.4, 0.5) is 4.79 Å². The van der Waals surface area contributed by atoms with Crippen molar-refractivity contribution in [2.75, 3.05) is 19.7 Å². The number of carbonyl (C=O) groups is 3. The van der Waals surface area contributed by atoms with Crippen LogP contribution in [0.15, 0.2) is 53.9 Å². The van der Waals surface area contributed by atoms with Gasteiger partial charge in [-0.05, 0) is 35.1 Å². The molecule has 35 heavy (non-hydrogen) atoms. The van der Waals surface area contributed by atoms with Gasteiger partial charge in [0.15, 0.2) is 0 Å². The minimum atomic E-state index is -0.987. The average molecular weight is 492 g/mol. The molecule has 2 heterocycles. The van der Waals surface area contributed by atoms with Gasteiger partial charge in [0.1, 0.15) is 18.3 Å². The smallest absolute Gasteiger partial charge is 0.407 e. The van der Waals surface area contributed by atoms with Crippen molar-refractivity contribution in [1.29, 1.82) is 0 Å². The molecule has 9 heteroatoms. The first kappa shape index (κ1) is 23.0. The second-order valence-corrected chi connectivity index (χ2v) is 9.57. The number of nitrogens with one attached hydrogen (secondary N) is 1. The number of fused-ring (bicyclic) bond motifs is 3. The van der Waals surface area contributed by atoms with Crippen LogP contribution in [0.25, 0.3) is 11.1 Å². The average Bonchev–Trinajstić information content (AvgIpc) is 3.60. The number of rotatable bonds is 7. The molecule has 2 N–H and O–H groups in total. The molecule has 1 aromatic heterocycles. The van der Waals surface area contributed by atoms with E-state index in [0.29, 0.717) is 37.4 Å². The van der Waals surface area contributed by atoms with Gasteiger partial charge in [0, 0.05) is 30.8 Å². The van der Waals surface area contributed by atoms with Gasteiger partial charge in [-0.1, -0.05) is 48.5 Å². The molecule has 1 fully saturated rings. The van der Waals surface area contributed by atoms with Gasteiger partial charge < -0.3 is 20.1 Å². The molecule has 0 spiro atoms. The third-order valence-electron chi connectivity index (χ3n) is 6.52. The summed E-state index contributed by atoms with van der Waals surface area (Å²) in [5.41, 5.74) is 4.92. The number of alkyl carbamates (subject to hydrolysis) is 1. The van der Waals surface area contributed by atoms with Crippen LogP contribution in [0, 0.1) is 0 Å². The monoisotopic (exact) mass is 491 g/mol. The minimum absolute atomic E-state index is 0.000832. The van der Waals surface area contributed by atoms with E-state index in [1.807, 2.05) is 24.3 Å². The number of thiazole rings is 1. The van der Waals surface area contributed by atoms with Crippen LogP contribution in [0.1, 0.15) is 45.4 Å². The molecule has 0 saturated carbocycles. The van der Waals surface area contributed by atoms with E-state index in [9.17, 15) is 19.5 Å². The minimum Gasteiger partial charge on any atom is -0.480 e. The van der Waals surface area contributed by atoms with Crippen molar-refractivity contribution in [3.8, 4) is 11.1 Å². The molecule has 1 unspecified atom stereocenters. The molecule has 8 nitrogen and oxygen atoms in total. The zero-order chi connectivity index (χ0) is 24.4. The van der Waals surface area contributed by atoms with Crippen LogP contribution < -0.4 is 5.32 Å². The molecular formula is C26H25N3O5S. The first-order valence-corrected chi connectivity index (χ1v) is 12.5. The van der Waals surface area contributed by atoms with Gasteiger partial charge in [0.05, 0.1) is 5.01 Å². The number of aliphatic carboxylic acids is 1. The molecule has 0 radical (unpaired) electrons. The number of amides is 2. The quantitative estimate of drug-likeness (QED) is 0.519. The number of carboxylic acid groups (broad SMARTS) is 1. The van der Waals surface area contributed by atoms with Crippen LogP contribution in [-0.2, 0) is 16.0 Å². The Hall–Kier alpha value is -3.72. The molecule has 1 atom stereocenters. The summed E-state index contributed by atoms with van der Waals surface area (Å²) < 4.78 is 5.54. The van der Waals surface area contributed by atoms with E-state index in [2.05, 4.69) is 34.6 Å². The van der Waals surface area contributed by atoms with E-state index in [4.69, 9.17) is 4.74 Å². The Morgan fingerprint density at radius 1 is 1.09 bits per heavy atom. The predicted molar refractivity (Wildman–Crippen MR) is 131 cm³/mol. The number of carboxylic acids is 1. The number of nitrogens with zero attached hydrogens (tertiary/aromatic N) is 2. The van der Waals surface area contributed by atoms with Gasteiger partial charge in [-0.2, -0.15) is 0 Å². The Labute approximate surface area is 206 Å². The van der Waals surface area contributed by atoms with E-state index in [-0.39, 0.29) is 24.1 Å². The second kappa shape index (κ2) is 9.87. The summed E-state index contributed by atoms with van der Waals surface area (Å²) in [6, 6.07) is 15.6. The van der Waals surface area contributed by atoms with Crippen molar-refractivity contribution < 1.29 is 24.2 Å². The molecule has 2 aromatic carbocycles. The molecule has 1 saturated heterocycles. The summed E-state index contributed by atoms with van der Waals surface area (Å²) in [5, 5.41) is 14.4. The lowest BCUT2D eigenvalue weighted by Gasteiger charge is -2.20. The predicted octanol–water partition coefficient (Wildman–Crippen LogP) is 3.91. The zero-order valence-electron chi connectivity index (χ0n) is 19.0. The topological polar surface area (TPSA) is 109 Å². The summed E-state index contributed by atoms with van der Waals surface area (Å²) in [5.74, 6) is -1.35. The number of benzene rings is 2. The summed E-state index contributed by atoms with van der Waals surface area (Å²) in [7, 11) is 0. The molecule has 1 aliphatic heterocycles. The molecule has 0 bridgehead atoms. The van der Waals surface area contributed by atoms with E-state index >= 15 is 0 Å². The lowest BCUT2D eigenvalue weighted by molar-refractivity contribution is -0.141. The lowest BCUT2D eigenvalue weighted by Crippen LogP contribution is -2.40. The maximum atomic E-state index is 12.7. The van der Waals surface area contributed by atoms with Crippen molar-refractivity contribution in [1.82, 2.24) is 15.2 Å². The van der Waals surface area contributed by atoms with Crippen LogP contribution in [-0.4, -0.2) is 58.7 Å². The van der Waals surface area contributed by atoms with Crippen molar-refractivity contribution in [3.05, 3.63) is 75.7 Å². The van der Waals surface area contributed by atoms with Crippen molar-refractivity contribution in [2.45, 2.75) is 31.2 Å². The SMILES string of the molecule is O=C(NCCc1nc(C(=O)N2CCCC2C(=O)O)cs1)OCC1c2ccccc2-c2ccccc21. The Kier molecular flexibility index (Phi) is 6.50. The van der Waals surface area contributed by atoms with Gasteiger partial charge in [0.2, 0.25) is 0 Å². The molecule has 180 valence electrons. The highest BCUT2D eigenvalue weighted by Crippen LogP contribution is 2.44.